The largest absolute Gasteiger partial charge is 0.460 e. The number of nitrogens with zero attached hydrogens (tertiary/aromatic N) is 1. The molecule has 2 aromatic carbocycles. The molecule has 0 atom stereocenters. The van der Waals surface area contributed by atoms with E-state index in [0.717, 1.165) is 43.5 Å². The highest BCUT2D eigenvalue weighted by Crippen LogP contribution is 2.38. The highest BCUT2D eigenvalue weighted by atomic mass is 16.5. The molecule has 0 spiro atoms. The van der Waals surface area contributed by atoms with Crippen molar-refractivity contribution < 1.29 is 23.6 Å². The Morgan fingerprint density at radius 2 is 1.82 bits per heavy atom. The molecule has 1 fully saturated rings. The zero-order valence-corrected chi connectivity index (χ0v) is 16.5. The Labute approximate surface area is 163 Å². The van der Waals surface area contributed by atoms with E-state index in [9.17, 15) is 9.59 Å². The number of furan rings is 1. The number of piperazine rings is 1. The van der Waals surface area contributed by atoms with Gasteiger partial charge in [0.15, 0.2) is 0 Å². The van der Waals surface area contributed by atoms with Crippen molar-refractivity contribution in [3.05, 3.63) is 41.7 Å². The fraction of sp³-hybridized carbons (Fsp3) is 0.364. The lowest BCUT2D eigenvalue weighted by atomic mass is 10.0. The van der Waals surface area contributed by atoms with E-state index < -0.39 is 5.97 Å². The van der Waals surface area contributed by atoms with Gasteiger partial charge < -0.3 is 19.0 Å². The van der Waals surface area contributed by atoms with Gasteiger partial charge in [-0.2, -0.15) is 0 Å². The Balaban J connectivity index is 1.83. The average molecular weight is 381 g/mol. The summed E-state index contributed by atoms with van der Waals surface area (Å²) in [5.74, 6) is 0.632. The zero-order chi connectivity index (χ0) is 19.8. The molecule has 2 heterocycles. The van der Waals surface area contributed by atoms with Crippen molar-refractivity contribution in [1.29, 1.82) is 0 Å². The molecule has 1 N–H and O–H groups in total. The maximum Gasteiger partial charge on any atom is 0.308 e. The maximum atomic E-state index is 13.3. The molecule has 0 aliphatic carbocycles. The molecule has 146 valence electrons. The Bertz CT molecular complexity index is 1060. The summed E-state index contributed by atoms with van der Waals surface area (Å²) in [4.78, 5) is 28.3. The molecule has 1 amide bonds. The van der Waals surface area contributed by atoms with E-state index in [4.69, 9.17) is 9.15 Å². The second-order valence-electron chi connectivity index (χ2n) is 7.32. The number of likely N-dealkylation sites (N-methyl/N-ethyl adjacent to an activating group) is 1. The van der Waals surface area contributed by atoms with Gasteiger partial charge >= 0.3 is 5.97 Å². The molecule has 1 aliphatic heterocycles. The lowest BCUT2D eigenvalue weighted by Gasteiger charge is -2.31. The summed E-state index contributed by atoms with van der Waals surface area (Å²) >= 11 is 0. The molecule has 1 aliphatic rings. The molecule has 6 nitrogen and oxygen atoms in total. The van der Waals surface area contributed by atoms with Crippen LogP contribution in [-0.4, -0.2) is 49.5 Å². The van der Waals surface area contributed by atoms with Crippen LogP contribution in [0.3, 0.4) is 0 Å². The first-order chi connectivity index (χ1) is 13.5. The number of carbonyl (C=O) groups is 2. The van der Waals surface area contributed by atoms with Crippen LogP contribution in [-0.2, 0) is 4.79 Å². The zero-order valence-electron chi connectivity index (χ0n) is 16.5. The average Bonchev–Trinajstić information content (AvgIpc) is 3.03. The smallest absolute Gasteiger partial charge is 0.308 e. The number of hydrogen-bond acceptors (Lipinski definition) is 4. The van der Waals surface area contributed by atoms with Crippen LogP contribution in [0.15, 0.2) is 34.7 Å². The van der Waals surface area contributed by atoms with E-state index in [2.05, 4.69) is 6.92 Å². The number of fused-ring (bicyclic) bond motifs is 3. The van der Waals surface area contributed by atoms with Crippen LogP contribution in [0.4, 0.5) is 0 Å². The number of hydrogen-bond donors (Lipinski definition) is 1. The summed E-state index contributed by atoms with van der Waals surface area (Å²) in [6.07, 6.45) is 0. The van der Waals surface area contributed by atoms with Gasteiger partial charge in [-0.1, -0.05) is 24.3 Å². The fourth-order valence-corrected chi connectivity index (χ4v) is 4.05. The molecule has 1 saturated heterocycles. The first-order valence-electron chi connectivity index (χ1n) is 9.75. The number of amides is 1. The van der Waals surface area contributed by atoms with E-state index in [1.54, 1.807) is 6.07 Å². The summed E-state index contributed by atoms with van der Waals surface area (Å²) in [5, 5.41) is 2.32. The second-order valence-corrected chi connectivity index (χ2v) is 7.32. The van der Waals surface area contributed by atoms with E-state index in [0.29, 0.717) is 28.0 Å². The predicted octanol–water partition coefficient (Wildman–Crippen LogP) is 2.18. The van der Waals surface area contributed by atoms with Crippen LogP contribution in [0, 0.1) is 6.92 Å². The third kappa shape index (κ3) is 3.14. The van der Waals surface area contributed by atoms with Crippen molar-refractivity contribution in [3.63, 3.8) is 0 Å². The SMILES string of the molecule is CC[NH+]1CCN(C(=O)c2c(C)oc3c2cc(OC(C)=O)c2ccccc23)CC1. The minimum atomic E-state index is -0.392. The van der Waals surface area contributed by atoms with Gasteiger partial charge in [0.2, 0.25) is 0 Å². The molecule has 0 bridgehead atoms. The number of ether oxygens (including phenoxy) is 1. The van der Waals surface area contributed by atoms with Gasteiger partial charge in [0.25, 0.3) is 5.91 Å². The quantitative estimate of drug-likeness (QED) is 0.558. The highest BCUT2D eigenvalue weighted by Gasteiger charge is 2.29. The Morgan fingerprint density at radius 3 is 2.46 bits per heavy atom. The third-order valence-electron chi connectivity index (χ3n) is 5.56. The minimum Gasteiger partial charge on any atom is -0.460 e. The number of esters is 1. The fourth-order valence-electron chi connectivity index (χ4n) is 4.05. The van der Waals surface area contributed by atoms with Crippen LogP contribution < -0.4 is 9.64 Å². The predicted molar refractivity (Wildman–Crippen MR) is 107 cm³/mol. The van der Waals surface area contributed by atoms with Crippen molar-refractivity contribution in [1.82, 2.24) is 4.90 Å². The van der Waals surface area contributed by atoms with Crippen molar-refractivity contribution in [2.75, 3.05) is 32.7 Å². The monoisotopic (exact) mass is 381 g/mol. The van der Waals surface area contributed by atoms with Gasteiger partial charge in [-0.05, 0) is 19.9 Å². The number of quaternary nitrogens is 1. The Morgan fingerprint density at radius 1 is 1.14 bits per heavy atom. The van der Waals surface area contributed by atoms with E-state index in [-0.39, 0.29) is 5.91 Å². The molecule has 3 aromatic rings. The number of benzene rings is 2. The number of nitrogens with one attached hydrogen (secondary N) is 1. The van der Waals surface area contributed by atoms with E-state index in [1.165, 1.54) is 11.8 Å². The Kier molecular flexibility index (Phi) is 4.81. The lowest BCUT2D eigenvalue weighted by molar-refractivity contribution is -0.902. The van der Waals surface area contributed by atoms with Gasteiger partial charge in [0.05, 0.1) is 38.3 Å². The van der Waals surface area contributed by atoms with Crippen LogP contribution in [0.1, 0.15) is 30.0 Å². The molecule has 1 aromatic heterocycles. The summed E-state index contributed by atoms with van der Waals surface area (Å²) in [5.41, 5.74) is 1.22. The number of carbonyl (C=O) groups excluding carboxylic acids is 2. The van der Waals surface area contributed by atoms with Gasteiger partial charge in [0, 0.05) is 23.1 Å². The van der Waals surface area contributed by atoms with Crippen molar-refractivity contribution >= 4 is 33.6 Å². The maximum absolute atomic E-state index is 13.3. The van der Waals surface area contributed by atoms with Gasteiger partial charge in [0.1, 0.15) is 17.1 Å². The summed E-state index contributed by atoms with van der Waals surface area (Å²) in [6.45, 7) is 9.83. The van der Waals surface area contributed by atoms with Crippen molar-refractivity contribution in [3.8, 4) is 5.75 Å². The highest BCUT2D eigenvalue weighted by molar-refractivity contribution is 6.16. The topological polar surface area (TPSA) is 64.2 Å². The molecule has 0 radical (unpaired) electrons. The number of rotatable bonds is 3. The van der Waals surface area contributed by atoms with Crippen LogP contribution in [0.25, 0.3) is 21.7 Å². The van der Waals surface area contributed by atoms with Crippen molar-refractivity contribution in [2.45, 2.75) is 20.8 Å². The lowest BCUT2D eigenvalue weighted by Crippen LogP contribution is -3.14. The second kappa shape index (κ2) is 7.28. The molecular formula is C22H25N2O4+. The van der Waals surface area contributed by atoms with Gasteiger partial charge in [-0.3, -0.25) is 9.59 Å². The van der Waals surface area contributed by atoms with Crippen molar-refractivity contribution in [2.24, 2.45) is 0 Å². The summed E-state index contributed by atoms with van der Waals surface area (Å²) in [6, 6.07) is 9.37. The summed E-state index contributed by atoms with van der Waals surface area (Å²) in [7, 11) is 0. The first kappa shape index (κ1) is 18.5. The molecular weight excluding hydrogens is 356 g/mol. The molecule has 0 unspecified atom stereocenters. The summed E-state index contributed by atoms with van der Waals surface area (Å²) < 4.78 is 11.5. The minimum absolute atomic E-state index is 0.0181. The first-order valence-corrected chi connectivity index (χ1v) is 9.75. The van der Waals surface area contributed by atoms with Crippen LogP contribution >= 0.6 is 0 Å². The van der Waals surface area contributed by atoms with Gasteiger partial charge in [-0.25, -0.2) is 0 Å². The Hall–Kier alpha value is -2.86. The van der Waals surface area contributed by atoms with E-state index >= 15 is 0 Å². The van der Waals surface area contributed by atoms with Gasteiger partial charge in [-0.15, -0.1) is 0 Å². The van der Waals surface area contributed by atoms with E-state index in [1.807, 2.05) is 36.1 Å². The normalized spacial score (nSPS) is 15.3. The standard InChI is InChI=1S/C22H24N2O4/c1-4-23-9-11-24(12-10-23)22(26)20-14(2)27-21-17-8-6-5-7-16(17)19(13-18(20)21)28-15(3)25/h5-8,13H,4,9-12H2,1-3H3/p+1. The molecule has 4 rings (SSSR count). The third-order valence-corrected chi connectivity index (χ3v) is 5.56. The van der Waals surface area contributed by atoms with Crippen LogP contribution in [0.2, 0.25) is 0 Å². The van der Waals surface area contributed by atoms with Crippen LogP contribution in [0.5, 0.6) is 5.75 Å². The molecule has 28 heavy (non-hydrogen) atoms. The molecule has 0 saturated carbocycles. The number of aryl methyl sites for hydroxylation is 1. The molecule has 6 heteroatoms.